The minimum atomic E-state index is -0.236. The van der Waals surface area contributed by atoms with Gasteiger partial charge in [0, 0.05) is 18.8 Å². The minimum Gasteiger partial charge on any atom is -0.378 e. The molecule has 0 atom stereocenters. The summed E-state index contributed by atoms with van der Waals surface area (Å²) < 4.78 is 19.7. The van der Waals surface area contributed by atoms with E-state index >= 15 is 0 Å². The monoisotopic (exact) mass is 356 g/mol. The zero-order valence-corrected chi connectivity index (χ0v) is 15.3. The molecule has 0 amide bonds. The summed E-state index contributed by atoms with van der Waals surface area (Å²) in [4.78, 5) is 6.32. The van der Waals surface area contributed by atoms with Crippen molar-refractivity contribution in [2.24, 2.45) is 10.7 Å². The standard InChI is InChI=1S/C20H25FN4O/c1-14-9-15(2)11-17(10-14)24-20(22)23-13-16-3-4-19(18(21)12-16)25-5-7-26-8-6-25/h3-4,9-12H,5-8,13H2,1-2H3,(H3,22,23,24). The number of nitrogens with zero attached hydrogens (tertiary/aromatic N) is 2. The van der Waals surface area contributed by atoms with Crippen LogP contribution >= 0.6 is 0 Å². The molecule has 1 fully saturated rings. The van der Waals surface area contributed by atoms with E-state index in [1.54, 1.807) is 6.07 Å². The van der Waals surface area contributed by atoms with E-state index in [1.165, 1.54) is 6.07 Å². The highest BCUT2D eigenvalue weighted by Crippen LogP contribution is 2.22. The molecular weight excluding hydrogens is 331 g/mol. The lowest BCUT2D eigenvalue weighted by Gasteiger charge is -2.29. The van der Waals surface area contributed by atoms with Gasteiger partial charge in [0.25, 0.3) is 0 Å². The molecule has 1 saturated heterocycles. The van der Waals surface area contributed by atoms with Crippen LogP contribution in [0.1, 0.15) is 16.7 Å². The molecule has 1 aliphatic rings. The van der Waals surface area contributed by atoms with Crippen LogP contribution in [0, 0.1) is 19.7 Å². The lowest BCUT2D eigenvalue weighted by Crippen LogP contribution is -2.36. The molecule has 3 rings (SSSR count). The van der Waals surface area contributed by atoms with Crippen LogP contribution in [0.15, 0.2) is 41.4 Å². The number of rotatable bonds is 4. The number of ether oxygens (including phenoxy) is 1. The van der Waals surface area contributed by atoms with Crippen LogP contribution in [0.5, 0.6) is 0 Å². The molecule has 5 nitrogen and oxygen atoms in total. The molecule has 0 aliphatic carbocycles. The van der Waals surface area contributed by atoms with Crippen molar-refractivity contribution in [2.45, 2.75) is 20.4 Å². The van der Waals surface area contributed by atoms with E-state index < -0.39 is 0 Å². The zero-order chi connectivity index (χ0) is 18.5. The van der Waals surface area contributed by atoms with Crippen LogP contribution in [0.2, 0.25) is 0 Å². The SMILES string of the molecule is Cc1cc(C)cc(NC(N)=NCc2ccc(N3CCOCC3)c(F)c2)c1. The largest absolute Gasteiger partial charge is 0.378 e. The Balaban J connectivity index is 1.64. The minimum absolute atomic E-state index is 0.236. The Bertz CT molecular complexity index is 780. The van der Waals surface area contributed by atoms with Crippen molar-refractivity contribution in [2.75, 3.05) is 36.5 Å². The van der Waals surface area contributed by atoms with Crippen LogP contribution in [0.3, 0.4) is 0 Å². The average Bonchev–Trinajstić information content (AvgIpc) is 2.60. The first-order chi connectivity index (χ1) is 12.5. The second kappa shape index (κ2) is 8.19. The van der Waals surface area contributed by atoms with Crippen molar-refractivity contribution in [1.82, 2.24) is 0 Å². The number of guanidine groups is 1. The van der Waals surface area contributed by atoms with Crippen molar-refractivity contribution in [3.63, 3.8) is 0 Å². The molecular formula is C20H25FN4O. The number of hydrogen-bond acceptors (Lipinski definition) is 3. The van der Waals surface area contributed by atoms with Gasteiger partial charge in [0.05, 0.1) is 25.4 Å². The fourth-order valence-corrected chi connectivity index (χ4v) is 3.12. The molecule has 0 bridgehead atoms. The molecule has 0 radical (unpaired) electrons. The van der Waals surface area contributed by atoms with Gasteiger partial charge in [-0.15, -0.1) is 0 Å². The summed E-state index contributed by atoms with van der Waals surface area (Å²) in [6.45, 7) is 7.07. The zero-order valence-electron chi connectivity index (χ0n) is 15.3. The van der Waals surface area contributed by atoms with Gasteiger partial charge in [0.2, 0.25) is 0 Å². The number of halogens is 1. The van der Waals surface area contributed by atoms with Gasteiger partial charge < -0.3 is 20.7 Å². The molecule has 2 aromatic rings. The second-order valence-electron chi connectivity index (χ2n) is 6.59. The van der Waals surface area contributed by atoms with Gasteiger partial charge in [0.1, 0.15) is 5.82 Å². The summed E-state index contributed by atoms with van der Waals surface area (Å²) in [5.74, 6) is 0.0769. The van der Waals surface area contributed by atoms with E-state index in [0.29, 0.717) is 44.5 Å². The normalized spacial score (nSPS) is 15.2. The maximum absolute atomic E-state index is 14.4. The third-order valence-corrected chi connectivity index (χ3v) is 4.29. The maximum Gasteiger partial charge on any atom is 0.193 e. The number of nitrogens with two attached hydrogens (primary N) is 1. The third-order valence-electron chi connectivity index (χ3n) is 4.29. The second-order valence-corrected chi connectivity index (χ2v) is 6.59. The van der Waals surface area contributed by atoms with Gasteiger partial charge in [0.15, 0.2) is 5.96 Å². The van der Waals surface area contributed by atoms with E-state index in [0.717, 1.165) is 22.4 Å². The summed E-state index contributed by atoms with van der Waals surface area (Å²) in [6.07, 6.45) is 0. The Morgan fingerprint density at radius 1 is 1.15 bits per heavy atom. The summed E-state index contributed by atoms with van der Waals surface area (Å²) in [6, 6.07) is 11.3. The van der Waals surface area contributed by atoms with Gasteiger partial charge in [-0.3, -0.25) is 0 Å². The highest BCUT2D eigenvalue weighted by atomic mass is 19.1. The maximum atomic E-state index is 14.4. The summed E-state index contributed by atoms with van der Waals surface area (Å²) in [5.41, 5.74) is 10.6. The molecule has 26 heavy (non-hydrogen) atoms. The molecule has 0 aromatic heterocycles. The number of nitrogens with one attached hydrogen (secondary N) is 1. The van der Waals surface area contributed by atoms with E-state index in [9.17, 15) is 4.39 Å². The molecule has 0 unspecified atom stereocenters. The highest BCUT2D eigenvalue weighted by Gasteiger charge is 2.15. The van der Waals surface area contributed by atoms with Gasteiger partial charge in [-0.1, -0.05) is 12.1 Å². The number of anilines is 2. The van der Waals surface area contributed by atoms with Gasteiger partial charge in [-0.05, 0) is 54.8 Å². The topological polar surface area (TPSA) is 62.9 Å². The molecule has 3 N–H and O–H groups in total. The predicted octanol–water partition coefficient (Wildman–Crippen LogP) is 3.21. The Hall–Kier alpha value is -2.60. The van der Waals surface area contributed by atoms with E-state index in [-0.39, 0.29) is 5.82 Å². The fourth-order valence-electron chi connectivity index (χ4n) is 3.12. The van der Waals surface area contributed by atoms with Crippen LogP contribution in [-0.2, 0) is 11.3 Å². The Morgan fingerprint density at radius 3 is 2.50 bits per heavy atom. The highest BCUT2D eigenvalue weighted by molar-refractivity contribution is 5.92. The summed E-state index contributed by atoms with van der Waals surface area (Å²) in [7, 11) is 0. The van der Waals surface area contributed by atoms with Crippen molar-refractivity contribution in [1.29, 1.82) is 0 Å². The van der Waals surface area contributed by atoms with Gasteiger partial charge >= 0.3 is 0 Å². The Kier molecular flexibility index (Phi) is 5.73. The van der Waals surface area contributed by atoms with E-state index in [4.69, 9.17) is 10.5 Å². The van der Waals surface area contributed by atoms with Gasteiger partial charge in [-0.2, -0.15) is 0 Å². The number of hydrogen-bond donors (Lipinski definition) is 2. The van der Waals surface area contributed by atoms with Crippen LogP contribution in [-0.4, -0.2) is 32.3 Å². The summed E-state index contributed by atoms with van der Waals surface area (Å²) in [5, 5.41) is 3.08. The third kappa shape index (κ3) is 4.73. The van der Waals surface area contributed by atoms with Crippen molar-refractivity contribution in [3.8, 4) is 0 Å². The Morgan fingerprint density at radius 2 is 1.85 bits per heavy atom. The van der Waals surface area contributed by atoms with Crippen LogP contribution in [0.25, 0.3) is 0 Å². The van der Waals surface area contributed by atoms with Gasteiger partial charge in [-0.25, -0.2) is 9.38 Å². The number of morpholine rings is 1. The lowest BCUT2D eigenvalue weighted by atomic mass is 10.1. The van der Waals surface area contributed by atoms with Crippen LogP contribution in [0.4, 0.5) is 15.8 Å². The summed E-state index contributed by atoms with van der Waals surface area (Å²) >= 11 is 0. The Labute approximate surface area is 153 Å². The fraction of sp³-hybridized carbons (Fsp3) is 0.350. The van der Waals surface area contributed by atoms with E-state index in [2.05, 4.69) is 16.4 Å². The first kappa shape index (κ1) is 18.2. The molecule has 1 aliphatic heterocycles. The predicted molar refractivity (Wildman–Crippen MR) is 104 cm³/mol. The molecule has 0 saturated carbocycles. The first-order valence-electron chi connectivity index (χ1n) is 8.77. The number of benzene rings is 2. The average molecular weight is 356 g/mol. The van der Waals surface area contributed by atoms with Crippen molar-refractivity contribution >= 4 is 17.3 Å². The molecule has 1 heterocycles. The quantitative estimate of drug-likeness (QED) is 0.652. The number of aliphatic imine (C=N–C) groups is 1. The van der Waals surface area contributed by atoms with E-state index in [1.807, 2.05) is 36.9 Å². The van der Waals surface area contributed by atoms with Crippen molar-refractivity contribution < 1.29 is 9.13 Å². The smallest absolute Gasteiger partial charge is 0.193 e. The number of aryl methyl sites for hydroxylation is 2. The first-order valence-corrected chi connectivity index (χ1v) is 8.77. The molecule has 6 heteroatoms. The molecule has 138 valence electrons. The molecule has 0 spiro atoms. The molecule has 2 aromatic carbocycles. The lowest BCUT2D eigenvalue weighted by molar-refractivity contribution is 0.122. The van der Waals surface area contributed by atoms with Crippen molar-refractivity contribution in [3.05, 3.63) is 58.9 Å². The van der Waals surface area contributed by atoms with Crippen LogP contribution < -0.4 is 16.0 Å².